The minimum atomic E-state index is -4.39. The zero-order chi connectivity index (χ0) is 16.3. The molecule has 0 radical (unpaired) electrons. The Morgan fingerprint density at radius 2 is 1.88 bits per heavy atom. The molecule has 1 fully saturated rings. The van der Waals surface area contributed by atoms with Gasteiger partial charge in [0.15, 0.2) is 5.75 Å². The van der Waals surface area contributed by atoms with Crippen molar-refractivity contribution in [1.29, 1.82) is 0 Å². The van der Waals surface area contributed by atoms with Gasteiger partial charge in [-0.25, -0.2) is 0 Å². The number of halogens is 5. The predicted octanol–water partition coefficient (Wildman–Crippen LogP) is 3.04. The molecule has 0 amide bonds. The topological polar surface area (TPSA) is 78.6 Å². The van der Waals surface area contributed by atoms with Crippen molar-refractivity contribution in [2.24, 2.45) is 0 Å². The maximum absolute atomic E-state index is 12.9. The molecule has 1 aromatic carbocycles. The van der Waals surface area contributed by atoms with Crippen LogP contribution in [0, 0.1) is 10.1 Å². The van der Waals surface area contributed by atoms with Gasteiger partial charge in [0.05, 0.1) is 11.3 Å². The van der Waals surface area contributed by atoms with Crippen molar-refractivity contribution < 1.29 is 23.2 Å². The first kappa shape index (κ1) is 22.7. The summed E-state index contributed by atoms with van der Waals surface area (Å²) in [5, 5.41) is 23.4. The van der Waals surface area contributed by atoms with E-state index in [0.29, 0.717) is 26.2 Å². The van der Waals surface area contributed by atoms with E-state index in [0.717, 1.165) is 12.1 Å². The Labute approximate surface area is 149 Å². The third-order valence-electron chi connectivity index (χ3n) is 3.60. The van der Waals surface area contributed by atoms with Crippen molar-refractivity contribution in [2.75, 3.05) is 26.2 Å². The standard InChI is InChI=1S/C13H16F3N3O3.2ClH/c14-13(15,16)8-11(18-5-3-17-4-6-18)9-1-2-12(20)10(7-9)19(21)22;;/h1-2,7,11,17,20H,3-6,8H2;2*1H/t11-;;/m1../s1. The van der Waals surface area contributed by atoms with E-state index in [1.54, 1.807) is 4.90 Å². The normalized spacial score (nSPS) is 16.6. The van der Waals surface area contributed by atoms with Crippen molar-refractivity contribution in [1.82, 2.24) is 10.2 Å². The summed E-state index contributed by atoms with van der Waals surface area (Å²) in [6.07, 6.45) is -5.48. The van der Waals surface area contributed by atoms with Crippen molar-refractivity contribution in [3.05, 3.63) is 33.9 Å². The largest absolute Gasteiger partial charge is 0.502 e. The molecule has 0 aromatic heterocycles. The van der Waals surface area contributed by atoms with Gasteiger partial charge in [-0.05, 0) is 11.6 Å². The molecule has 0 spiro atoms. The first-order valence-electron chi connectivity index (χ1n) is 6.77. The minimum Gasteiger partial charge on any atom is -0.502 e. The molecular formula is C13H18Cl2F3N3O3. The molecule has 0 aliphatic carbocycles. The number of nitrogens with zero attached hydrogens (tertiary/aromatic N) is 2. The number of alkyl halides is 3. The summed E-state index contributed by atoms with van der Waals surface area (Å²) in [5.74, 6) is -0.556. The quantitative estimate of drug-likeness (QED) is 0.609. The summed E-state index contributed by atoms with van der Waals surface area (Å²) in [6.45, 7) is 1.98. The SMILES string of the molecule is Cl.Cl.O=[N+]([O-])c1cc([C@@H](CC(F)(F)F)N2CCNCC2)ccc1O. The van der Waals surface area contributed by atoms with E-state index in [-0.39, 0.29) is 30.4 Å². The molecule has 1 aliphatic heterocycles. The Kier molecular flexibility index (Phi) is 8.76. The Morgan fingerprint density at radius 1 is 1.29 bits per heavy atom. The number of nitrogens with one attached hydrogen (secondary N) is 1. The van der Waals surface area contributed by atoms with Crippen LogP contribution in [0.5, 0.6) is 5.75 Å². The van der Waals surface area contributed by atoms with E-state index in [4.69, 9.17) is 0 Å². The molecule has 0 unspecified atom stereocenters. The average Bonchev–Trinajstić information content (AvgIpc) is 2.45. The Morgan fingerprint density at radius 3 is 2.38 bits per heavy atom. The van der Waals surface area contributed by atoms with Crippen LogP contribution < -0.4 is 5.32 Å². The molecule has 24 heavy (non-hydrogen) atoms. The fourth-order valence-electron chi connectivity index (χ4n) is 2.56. The summed E-state index contributed by atoms with van der Waals surface area (Å²) in [5.41, 5.74) is -0.400. The number of benzene rings is 1. The van der Waals surface area contributed by atoms with Crippen LogP contribution in [0.25, 0.3) is 0 Å². The number of piperazine rings is 1. The Bertz CT molecular complexity index is 555. The van der Waals surface area contributed by atoms with E-state index in [2.05, 4.69) is 5.32 Å². The minimum absolute atomic E-state index is 0. The highest BCUT2D eigenvalue weighted by molar-refractivity contribution is 5.85. The third kappa shape index (κ3) is 5.97. The zero-order valence-corrected chi connectivity index (χ0v) is 14.1. The van der Waals surface area contributed by atoms with Crippen LogP contribution in [0.3, 0.4) is 0 Å². The lowest BCUT2D eigenvalue weighted by Crippen LogP contribution is -2.46. The molecule has 138 valence electrons. The van der Waals surface area contributed by atoms with E-state index in [1.807, 2.05) is 0 Å². The predicted molar refractivity (Wildman–Crippen MR) is 87.1 cm³/mol. The smallest absolute Gasteiger partial charge is 0.390 e. The van der Waals surface area contributed by atoms with Crippen molar-refractivity contribution >= 4 is 30.5 Å². The van der Waals surface area contributed by atoms with Crippen molar-refractivity contribution in [3.63, 3.8) is 0 Å². The lowest BCUT2D eigenvalue weighted by atomic mass is 10.00. The molecule has 1 atom stereocenters. The van der Waals surface area contributed by atoms with Crippen LogP contribution in [0.1, 0.15) is 18.0 Å². The molecule has 1 aromatic rings. The van der Waals surface area contributed by atoms with Gasteiger partial charge in [-0.3, -0.25) is 15.0 Å². The van der Waals surface area contributed by atoms with Gasteiger partial charge < -0.3 is 10.4 Å². The maximum atomic E-state index is 12.9. The second kappa shape index (κ2) is 9.26. The number of rotatable bonds is 4. The summed E-state index contributed by atoms with van der Waals surface area (Å²) in [6, 6.07) is 2.40. The van der Waals surface area contributed by atoms with Gasteiger partial charge in [0.25, 0.3) is 0 Å². The van der Waals surface area contributed by atoms with Gasteiger partial charge in [-0.2, -0.15) is 13.2 Å². The van der Waals surface area contributed by atoms with Crippen LogP contribution in [0.2, 0.25) is 0 Å². The summed E-state index contributed by atoms with van der Waals surface area (Å²) in [7, 11) is 0. The molecule has 2 rings (SSSR count). The number of hydrogen-bond acceptors (Lipinski definition) is 5. The number of phenolic OH excluding ortho intramolecular Hbond substituents is 1. The van der Waals surface area contributed by atoms with Crippen LogP contribution >= 0.6 is 24.8 Å². The van der Waals surface area contributed by atoms with Gasteiger partial charge in [-0.15, -0.1) is 24.8 Å². The zero-order valence-electron chi connectivity index (χ0n) is 12.5. The lowest BCUT2D eigenvalue weighted by Gasteiger charge is -2.35. The summed E-state index contributed by atoms with van der Waals surface area (Å²) >= 11 is 0. The fraction of sp³-hybridized carbons (Fsp3) is 0.538. The molecule has 1 heterocycles. The number of nitro benzene ring substituents is 1. The summed E-state index contributed by atoms with van der Waals surface area (Å²) in [4.78, 5) is 11.7. The van der Waals surface area contributed by atoms with Crippen molar-refractivity contribution in [2.45, 2.75) is 18.6 Å². The molecule has 0 saturated carbocycles. The second-order valence-electron chi connectivity index (χ2n) is 5.13. The van der Waals surface area contributed by atoms with E-state index < -0.39 is 35.0 Å². The number of hydrogen-bond donors (Lipinski definition) is 2. The van der Waals surface area contributed by atoms with E-state index in [1.165, 1.54) is 6.07 Å². The van der Waals surface area contributed by atoms with Crippen molar-refractivity contribution in [3.8, 4) is 5.75 Å². The second-order valence-corrected chi connectivity index (χ2v) is 5.13. The molecule has 1 aliphatic rings. The van der Waals surface area contributed by atoms with Crippen LogP contribution in [0.15, 0.2) is 18.2 Å². The van der Waals surface area contributed by atoms with E-state index >= 15 is 0 Å². The first-order chi connectivity index (χ1) is 10.3. The maximum Gasteiger partial charge on any atom is 0.390 e. The summed E-state index contributed by atoms with van der Waals surface area (Å²) < 4.78 is 38.6. The number of phenols is 1. The number of nitro groups is 1. The molecule has 0 bridgehead atoms. The fourth-order valence-corrected chi connectivity index (χ4v) is 2.56. The highest BCUT2D eigenvalue weighted by Crippen LogP contribution is 2.37. The van der Waals surface area contributed by atoms with Gasteiger partial charge >= 0.3 is 11.9 Å². The molecule has 1 saturated heterocycles. The third-order valence-corrected chi connectivity index (χ3v) is 3.60. The molecule has 2 N–H and O–H groups in total. The Hall–Kier alpha value is -1.29. The Balaban J connectivity index is 0.00000264. The molecule has 11 heteroatoms. The van der Waals surface area contributed by atoms with Crippen LogP contribution in [-0.4, -0.2) is 47.3 Å². The van der Waals surface area contributed by atoms with Gasteiger partial charge in [0, 0.05) is 38.3 Å². The molecule has 6 nitrogen and oxygen atoms in total. The van der Waals surface area contributed by atoms with Gasteiger partial charge in [-0.1, -0.05) is 6.07 Å². The lowest BCUT2D eigenvalue weighted by molar-refractivity contribution is -0.386. The van der Waals surface area contributed by atoms with Crippen LogP contribution in [0.4, 0.5) is 18.9 Å². The first-order valence-corrected chi connectivity index (χ1v) is 6.77. The van der Waals surface area contributed by atoms with Gasteiger partial charge in [0.1, 0.15) is 0 Å². The van der Waals surface area contributed by atoms with E-state index in [9.17, 15) is 28.4 Å². The highest BCUT2D eigenvalue weighted by Gasteiger charge is 2.36. The highest BCUT2D eigenvalue weighted by atomic mass is 35.5. The van der Waals surface area contributed by atoms with Crippen LogP contribution in [-0.2, 0) is 0 Å². The number of aromatic hydroxyl groups is 1. The average molecular weight is 392 g/mol. The van der Waals surface area contributed by atoms with Gasteiger partial charge in [0.2, 0.25) is 0 Å². The molecular weight excluding hydrogens is 374 g/mol. The monoisotopic (exact) mass is 391 g/mol.